The number of aromatic nitrogens is 5. The van der Waals surface area contributed by atoms with Gasteiger partial charge in [0, 0.05) is 31.5 Å². The number of hydrogen-bond acceptors (Lipinski definition) is 3. The molecule has 7 heteroatoms. The summed E-state index contributed by atoms with van der Waals surface area (Å²) in [5.41, 5.74) is 5.28. The second-order valence-electron chi connectivity index (χ2n) is 7.90. The van der Waals surface area contributed by atoms with Crippen LogP contribution in [0.2, 0.25) is 0 Å². The van der Waals surface area contributed by atoms with Crippen LogP contribution in [0.25, 0.3) is 33.9 Å². The summed E-state index contributed by atoms with van der Waals surface area (Å²) in [6.07, 6.45) is 2.90. The Labute approximate surface area is 178 Å². The molecule has 156 valence electrons. The zero-order valence-corrected chi connectivity index (χ0v) is 18.0. The van der Waals surface area contributed by atoms with Crippen molar-refractivity contribution in [2.45, 2.75) is 20.3 Å². The molecule has 0 N–H and O–H groups in total. The molecule has 2 aromatic carbocycles. The van der Waals surface area contributed by atoms with Gasteiger partial charge in [0.25, 0.3) is 5.56 Å². The molecular formula is C24H23N5O2. The van der Waals surface area contributed by atoms with E-state index in [0.717, 1.165) is 33.5 Å². The molecule has 7 nitrogen and oxygen atoms in total. The summed E-state index contributed by atoms with van der Waals surface area (Å²) >= 11 is 0. The van der Waals surface area contributed by atoms with Crippen LogP contribution in [0.4, 0.5) is 0 Å². The minimum Gasteiger partial charge on any atom is -0.279 e. The van der Waals surface area contributed by atoms with Crippen LogP contribution in [0.3, 0.4) is 0 Å². The molecule has 0 atom stereocenters. The average Bonchev–Trinajstić information content (AvgIpc) is 3.32. The van der Waals surface area contributed by atoms with E-state index in [9.17, 15) is 9.59 Å². The van der Waals surface area contributed by atoms with Gasteiger partial charge in [0.15, 0.2) is 11.2 Å². The second-order valence-corrected chi connectivity index (χ2v) is 7.90. The molecule has 3 heterocycles. The van der Waals surface area contributed by atoms with E-state index >= 15 is 0 Å². The molecule has 5 aromatic rings. The molecule has 0 aliphatic rings. The van der Waals surface area contributed by atoms with Gasteiger partial charge < -0.3 is 0 Å². The summed E-state index contributed by atoms with van der Waals surface area (Å²) in [6.45, 7) is 4.17. The molecule has 0 aliphatic carbocycles. The molecule has 5 rings (SSSR count). The summed E-state index contributed by atoms with van der Waals surface area (Å²) in [5.74, 6) is 0.591. The van der Waals surface area contributed by atoms with Crippen LogP contribution in [0, 0.1) is 6.92 Å². The lowest BCUT2D eigenvalue weighted by Crippen LogP contribution is -2.37. The van der Waals surface area contributed by atoms with Crippen LogP contribution in [-0.2, 0) is 20.5 Å². The highest BCUT2D eigenvalue weighted by Gasteiger charge is 2.21. The minimum absolute atomic E-state index is 0.361. The maximum atomic E-state index is 13.0. The van der Waals surface area contributed by atoms with Crippen LogP contribution in [-0.4, -0.2) is 23.1 Å². The Kier molecular flexibility index (Phi) is 4.22. The maximum absolute atomic E-state index is 13.0. The highest BCUT2D eigenvalue weighted by atomic mass is 16.2. The maximum Gasteiger partial charge on any atom is 0.332 e. The number of benzene rings is 2. The molecule has 0 saturated heterocycles. The Morgan fingerprint density at radius 1 is 0.968 bits per heavy atom. The molecular weight excluding hydrogens is 390 g/mol. The van der Waals surface area contributed by atoms with Gasteiger partial charge in [-0.05, 0) is 36.6 Å². The first-order valence-corrected chi connectivity index (χ1v) is 10.3. The fourth-order valence-corrected chi connectivity index (χ4v) is 4.11. The Morgan fingerprint density at radius 2 is 1.71 bits per heavy atom. The van der Waals surface area contributed by atoms with Crippen molar-refractivity contribution in [1.29, 1.82) is 0 Å². The zero-order chi connectivity index (χ0) is 21.9. The van der Waals surface area contributed by atoms with Crippen LogP contribution >= 0.6 is 0 Å². The molecule has 0 radical (unpaired) electrons. The van der Waals surface area contributed by atoms with E-state index in [-0.39, 0.29) is 5.56 Å². The zero-order valence-electron chi connectivity index (χ0n) is 18.0. The van der Waals surface area contributed by atoms with Gasteiger partial charge in [-0.1, -0.05) is 43.3 Å². The molecule has 31 heavy (non-hydrogen) atoms. The normalized spacial score (nSPS) is 11.6. The van der Waals surface area contributed by atoms with Crippen LogP contribution < -0.4 is 11.2 Å². The Hall–Kier alpha value is -3.87. The number of fused-ring (bicyclic) bond motifs is 3. The van der Waals surface area contributed by atoms with Gasteiger partial charge in [-0.25, -0.2) is 4.79 Å². The van der Waals surface area contributed by atoms with Crippen molar-refractivity contribution >= 4 is 16.9 Å². The number of nitrogens with zero attached hydrogens (tertiary/aromatic N) is 5. The Morgan fingerprint density at radius 3 is 2.39 bits per heavy atom. The fourth-order valence-electron chi connectivity index (χ4n) is 4.11. The number of imidazole rings is 2. The van der Waals surface area contributed by atoms with E-state index < -0.39 is 5.69 Å². The smallest absolute Gasteiger partial charge is 0.279 e. The first-order valence-electron chi connectivity index (χ1n) is 10.3. The van der Waals surface area contributed by atoms with Gasteiger partial charge in [0.1, 0.15) is 0 Å². The topological polar surface area (TPSA) is 66.2 Å². The monoisotopic (exact) mass is 413 g/mol. The van der Waals surface area contributed by atoms with Gasteiger partial charge in [0.2, 0.25) is 5.78 Å². The largest absolute Gasteiger partial charge is 0.332 e. The third-order valence-corrected chi connectivity index (χ3v) is 5.88. The molecule has 0 saturated carbocycles. The summed E-state index contributed by atoms with van der Waals surface area (Å²) in [4.78, 5) is 30.1. The van der Waals surface area contributed by atoms with E-state index in [0.29, 0.717) is 16.9 Å². The fraction of sp³-hybridized carbons (Fsp3) is 0.208. The molecule has 3 aromatic heterocycles. The summed E-state index contributed by atoms with van der Waals surface area (Å²) in [5, 5.41) is 0. The van der Waals surface area contributed by atoms with Crippen molar-refractivity contribution in [1.82, 2.24) is 23.1 Å². The van der Waals surface area contributed by atoms with Gasteiger partial charge in [0.05, 0.1) is 5.69 Å². The lowest BCUT2D eigenvalue weighted by Gasteiger charge is -2.10. The molecule has 0 fully saturated rings. The van der Waals surface area contributed by atoms with E-state index in [2.05, 4.69) is 37.3 Å². The van der Waals surface area contributed by atoms with Gasteiger partial charge >= 0.3 is 5.69 Å². The summed E-state index contributed by atoms with van der Waals surface area (Å²) in [6, 6.07) is 16.6. The third-order valence-electron chi connectivity index (χ3n) is 5.88. The average molecular weight is 413 g/mol. The van der Waals surface area contributed by atoms with Gasteiger partial charge in [-0.2, -0.15) is 4.98 Å². The quantitative estimate of drug-likeness (QED) is 0.456. The van der Waals surface area contributed by atoms with Crippen molar-refractivity contribution in [2.24, 2.45) is 14.1 Å². The van der Waals surface area contributed by atoms with E-state index in [1.54, 1.807) is 11.4 Å². The number of rotatable bonds is 3. The molecule has 0 unspecified atom stereocenters. The van der Waals surface area contributed by atoms with Crippen molar-refractivity contribution in [3.63, 3.8) is 0 Å². The third kappa shape index (κ3) is 2.77. The summed E-state index contributed by atoms with van der Waals surface area (Å²) in [7, 11) is 3.13. The van der Waals surface area contributed by atoms with E-state index in [4.69, 9.17) is 4.98 Å². The minimum atomic E-state index is -0.393. The van der Waals surface area contributed by atoms with Crippen molar-refractivity contribution in [2.75, 3.05) is 0 Å². The van der Waals surface area contributed by atoms with Crippen molar-refractivity contribution < 1.29 is 0 Å². The number of aryl methyl sites for hydroxylation is 3. The summed E-state index contributed by atoms with van der Waals surface area (Å²) < 4.78 is 6.37. The lowest BCUT2D eigenvalue weighted by molar-refractivity contribution is 0.708. The predicted octanol–water partition coefficient (Wildman–Crippen LogP) is 3.21. The molecule has 0 aliphatic heterocycles. The lowest BCUT2D eigenvalue weighted by atomic mass is 10.1. The number of hydrogen-bond donors (Lipinski definition) is 0. The van der Waals surface area contributed by atoms with E-state index in [1.807, 2.05) is 35.9 Å². The highest BCUT2D eigenvalue weighted by molar-refractivity contribution is 5.79. The van der Waals surface area contributed by atoms with Gasteiger partial charge in [-0.15, -0.1) is 0 Å². The molecule has 0 amide bonds. The van der Waals surface area contributed by atoms with Gasteiger partial charge in [-0.3, -0.25) is 22.9 Å². The van der Waals surface area contributed by atoms with E-state index in [1.165, 1.54) is 17.2 Å². The Balaban J connectivity index is 1.93. The molecule has 0 spiro atoms. The molecule has 0 bridgehead atoms. The predicted molar refractivity (Wildman–Crippen MR) is 122 cm³/mol. The highest BCUT2D eigenvalue weighted by Crippen LogP contribution is 2.29. The SMILES string of the molecule is CCc1ccc(-c2cn3c4c(=O)n(C)c(=O)n(C)c4nc3n2-c2cccc(C)c2)cc1. The van der Waals surface area contributed by atoms with Crippen LogP contribution in [0.5, 0.6) is 0 Å². The second kappa shape index (κ2) is 6.84. The first-order chi connectivity index (χ1) is 14.9. The Bertz CT molecular complexity index is 1580. The van der Waals surface area contributed by atoms with Crippen molar-refractivity contribution in [3.8, 4) is 16.9 Å². The van der Waals surface area contributed by atoms with Crippen LogP contribution in [0.15, 0.2) is 64.3 Å². The van der Waals surface area contributed by atoms with Crippen LogP contribution in [0.1, 0.15) is 18.1 Å². The standard InChI is InChI=1S/C24H23N5O2/c1-5-16-9-11-17(12-10-16)19-14-28-20-21(26(3)24(31)27(4)22(20)30)25-23(28)29(19)18-8-6-7-15(2)13-18/h6-14H,5H2,1-4H3. The van der Waals surface area contributed by atoms with Crippen molar-refractivity contribution in [3.05, 3.63) is 86.7 Å². The first kappa shape index (κ1) is 19.1.